The second-order valence-electron chi connectivity index (χ2n) is 8.47. The largest absolute Gasteiger partial charge is 0.497 e. The Kier molecular flexibility index (Phi) is 7.53. The second kappa shape index (κ2) is 10.9. The van der Waals surface area contributed by atoms with Crippen molar-refractivity contribution in [1.29, 1.82) is 0 Å². The SMILES string of the molecule is COc1ccc(C(=O)C2CCN(CC(=O)NC(c3ccccc3)c3ccccc3)CC2)cc1. The van der Waals surface area contributed by atoms with Gasteiger partial charge in [0.1, 0.15) is 5.75 Å². The van der Waals surface area contributed by atoms with Gasteiger partial charge in [-0.3, -0.25) is 14.5 Å². The predicted octanol–water partition coefficient (Wildman–Crippen LogP) is 4.50. The zero-order chi connectivity index (χ0) is 23.0. The minimum atomic E-state index is -0.186. The van der Waals surface area contributed by atoms with Gasteiger partial charge in [-0.25, -0.2) is 0 Å². The van der Waals surface area contributed by atoms with Crippen LogP contribution in [-0.4, -0.2) is 43.3 Å². The summed E-state index contributed by atoms with van der Waals surface area (Å²) in [4.78, 5) is 27.9. The first-order chi connectivity index (χ1) is 16.1. The molecule has 0 aliphatic carbocycles. The summed E-state index contributed by atoms with van der Waals surface area (Å²) in [6.07, 6.45) is 1.53. The number of ether oxygens (including phenoxy) is 1. The number of hydrogen-bond acceptors (Lipinski definition) is 4. The van der Waals surface area contributed by atoms with E-state index in [0.717, 1.165) is 48.4 Å². The summed E-state index contributed by atoms with van der Waals surface area (Å²) in [6, 6.07) is 27.2. The van der Waals surface area contributed by atoms with Crippen molar-refractivity contribution >= 4 is 11.7 Å². The van der Waals surface area contributed by atoms with Crippen molar-refractivity contribution < 1.29 is 14.3 Å². The molecule has 0 unspecified atom stereocenters. The zero-order valence-corrected chi connectivity index (χ0v) is 18.9. The number of ketones is 1. The summed E-state index contributed by atoms with van der Waals surface area (Å²) >= 11 is 0. The molecule has 0 aromatic heterocycles. The van der Waals surface area contributed by atoms with Crippen molar-refractivity contribution in [3.63, 3.8) is 0 Å². The van der Waals surface area contributed by atoms with E-state index in [9.17, 15) is 9.59 Å². The van der Waals surface area contributed by atoms with Crippen LogP contribution in [0.15, 0.2) is 84.9 Å². The maximum absolute atomic E-state index is 12.9. The molecule has 1 N–H and O–H groups in total. The van der Waals surface area contributed by atoms with Crippen molar-refractivity contribution in [3.05, 3.63) is 102 Å². The topological polar surface area (TPSA) is 58.6 Å². The first-order valence-corrected chi connectivity index (χ1v) is 11.4. The van der Waals surface area contributed by atoms with E-state index < -0.39 is 0 Å². The van der Waals surface area contributed by atoms with Crippen LogP contribution < -0.4 is 10.1 Å². The Labute approximate surface area is 195 Å². The van der Waals surface area contributed by atoms with Gasteiger partial charge in [0.2, 0.25) is 5.91 Å². The van der Waals surface area contributed by atoms with Crippen LogP contribution in [0.3, 0.4) is 0 Å². The number of methoxy groups -OCH3 is 1. The number of piperidine rings is 1. The number of hydrogen-bond donors (Lipinski definition) is 1. The molecule has 1 saturated heterocycles. The van der Waals surface area contributed by atoms with Gasteiger partial charge in [0.15, 0.2) is 5.78 Å². The quantitative estimate of drug-likeness (QED) is 0.522. The Morgan fingerprint density at radius 3 is 1.94 bits per heavy atom. The van der Waals surface area contributed by atoms with E-state index in [2.05, 4.69) is 10.2 Å². The third-order valence-corrected chi connectivity index (χ3v) is 6.27. The summed E-state index contributed by atoms with van der Waals surface area (Å²) in [5.41, 5.74) is 2.84. The summed E-state index contributed by atoms with van der Waals surface area (Å²) in [7, 11) is 1.62. The van der Waals surface area contributed by atoms with E-state index in [0.29, 0.717) is 6.54 Å². The summed E-state index contributed by atoms with van der Waals surface area (Å²) < 4.78 is 5.17. The van der Waals surface area contributed by atoms with Crippen molar-refractivity contribution in [3.8, 4) is 5.75 Å². The fraction of sp³-hybridized carbons (Fsp3) is 0.286. The minimum absolute atomic E-state index is 0.000841. The molecular formula is C28H30N2O3. The van der Waals surface area contributed by atoms with E-state index in [1.165, 1.54) is 0 Å². The van der Waals surface area contributed by atoms with Gasteiger partial charge in [0, 0.05) is 11.5 Å². The highest BCUT2D eigenvalue weighted by molar-refractivity contribution is 5.98. The van der Waals surface area contributed by atoms with Crippen LogP contribution in [0.1, 0.15) is 40.4 Å². The highest BCUT2D eigenvalue weighted by Gasteiger charge is 2.27. The molecule has 0 radical (unpaired) electrons. The van der Waals surface area contributed by atoms with Crippen LogP contribution in [0, 0.1) is 5.92 Å². The Balaban J connectivity index is 1.33. The van der Waals surface area contributed by atoms with Gasteiger partial charge in [-0.05, 0) is 61.3 Å². The van der Waals surface area contributed by atoms with Crippen molar-refractivity contribution in [2.24, 2.45) is 5.92 Å². The number of nitrogens with zero attached hydrogens (tertiary/aromatic N) is 1. The van der Waals surface area contributed by atoms with Gasteiger partial charge in [0.25, 0.3) is 0 Å². The van der Waals surface area contributed by atoms with E-state index in [-0.39, 0.29) is 23.7 Å². The molecule has 0 saturated carbocycles. The first-order valence-electron chi connectivity index (χ1n) is 11.4. The monoisotopic (exact) mass is 442 g/mol. The number of carbonyl (C=O) groups excluding carboxylic acids is 2. The maximum Gasteiger partial charge on any atom is 0.234 e. The van der Waals surface area contributed by atoms with Gasteiger partial charge in [-0.15, -0.1) is 0 Å². The third kappa shape index (κ3) is 5.88. The summed E-state index contributed by atoms with van der Waals surface area (Å²) in [5, 5.41) is 3.21. The second-order valence-corrected chi connectivity index (χ2v) is 8.47. The van der Waals surface area contributed by atoms with E-state index in [1.54, 1.807) is 7.11 Å². The van der Waals surface area contributed by atoms with E-state index in [4.69, 9.17) is 4.74 Å². The molecule has 1 amide bonds. The Hall–Kier alpha value is -3.44. The number of carbonyl (C=O) groups is 2. The number of benzene rings is 3. The van der Waals surface area contributed by atoms with Crippen molar-refractivity contribution in [1.82, 2.24) is 10.2 Å². The lowest BCUT2D eigenvalue weighted by Crippen LogP contribution is -2.43. The standard InChI is InChI=1S/C28H30N2O3/c1-33-25-14-12-23(13-15-25)28(32)24-16-18-30(19-17-24)20-26(31)29-27(21-8-4-2-5-9-21)22-10-6-3-7-11-22/h2-15,24,27H,16-20H2,1H3,(H,29,31). The fourth-order valence-electron chi connectivity index (χ4n) is 4.40. The molecule has 3 aromatic carbocycles. The lowest BCUT2D eigenvalue weighted by atomic mass is 9.89. The molecule has 5 heteroatoms. The average molecular weight is 443 g/mol. The molecule has 1 fully saturated rings. The fourth-order valence-corrected chi connectivity index (χ4v) is 4.40. The van der Waals surface area contributed by atoms with E-state index >= 15 is 0 Å². The van der Waals surface area contributed by atoms with Crippen LogP contribution >= 0.6 is 0 Å². The third-order valence-electron chi connectivity index (χ3n) is 6.27. The smallest absolute Gasteiger partial charge is 0.234 e. The van der Waals surface area contributed by atoms with Crippen molar-refractivity contribution in [2.75, 3.05) is 26.7 Å². The molecule has 3 aromatic rings. The van der Waals surface area contributed by atoms with Crippen LogP contribution in [0.4, 0.5) is 0 Å². The zero-order valence-electron chi connectivity index (χ0n) is 18.9. The predicted molar refractivity (Wildman–Crippen MR) is 129 cm³/mol. The Morgan fingerprint density at radius 2 is 1.42 bits per heavy atom. The minimum Gasteiger partial charge on any atom is -0.497 e. The molecule has 5 nitrogen and oxygen atoms in total. The van der Waals surface area contributed by atoms with E-state index in [1.807, 2.05) is 84.9 Å². The van der Waals surface area contributed by atoms with Crippen LogP contribution in [0.5, 0.6) is 5.75 Å². The molecule has 0 spiro atoms. The van der Waals surface area contributed by atoms with Crippen LogP contribution in [-0.2, 0) is 4.79 Å². The number of Topliss-reactive ketones (excluding diaryl/α,β-unsaturated/α-hetero) is 1. The molecule has 170 valence electrons. The highest BCUT2D eigenvalue weighted by Crippen LogP contribution is 2.24. The maximum atomic E-state index is 12.9. The summed E-state index contributed by atoms with van der Waals surface area (Å²) in [5.74, 6) is 0.915. The van der Waals surface area contributed by atoms with Gasteiger partial charge >= 0.3 is 0 Å². The lowest BCUT2D eigenvalue weighted by molar-refractivity contribution is -0.123. The number of amides is 1. The molecule has 0 atom stereocenters. The van der Waals surface area contributed by atoms with Crippen molar-refractivity contribution in [2.45, 2.75) is 18.9 Å². The van der Waals surface area contributed by atoms with Gasteiger partial charge < -0.3 is 10.1 Å². The number of likely N-dealkylation sites (tertiary alicyclic amines) is 1. The van der Waals surface area contributed by atoms with Gasteiger partial charge in [-0.2, -0.15) is 0 Å². The lowest BCUT2D eigenvalue weighted by Gasteiger charge is -2.31. The molecule has 4 rings (SSSR count). The molecule has 1 aliphatic heterocycles. The molecule has 1 heterocycles. The van der Waals surface area contributed by atoms with Crippen LogP contribution in [0.25, 0.3) is 0 Å². The van der Waals surface area contributed by atoms with Gasteiger partial charge in [0.05, 0.1) is 19.7 Å². The number of nitrogens with one attached hydrogen (secondary N) is 1. The highest BCUT2D eigenvalue weighted by atomic mass is 16.5. The number of rotatable bonds is 8. The molecule has 33 heavy (non-hydrogen) atoms. The average Bonchev–Trinajstić information content (AvgIpc) is 2.88. The first kappa shape index (κ1) is 22.7. The molecular weight excluding hydrogens is 412 g/mol. The van der Waals surface area contributed by atoms with Gasteiger partial charge in [-0.1, -0.05) is 60.7 Å². The summed E-state index contributed by atoms with van der Waals surface area (Å²) in [6.45, 7) is 1.81. The van der Waals surface area contributed by atoms with Crippen LogP contribution in [0.2, 0.25) is 0 Å². The Morgan fingerprint density at radius 1 is 0.879 bits per heavy atom. The normalized spacial score (nSPS) is 14.7. The molecule has 0 bridgehead atoms. The Bertz CT molecular complexity index is 1000. The molecule has 1 aliphatic rings.